The molecule has 0 saturated heterocycles. The Morgan fingerprint density at radius 2 is 1.52 bits per heavy atom. The molecule has 0 aliphatic heterocycles. The molecular weight excluding hydrogens is 471 g/mol. The van der Waals surface area contributed by atoms with Crippen LogP contribution < -0.4 is 9.47 Å². The number of rotatable bonds is 7. The number of carboxylic acid groups (broad SMARTS) is 1. The molecule has 0 aromatic heterocycles. The van der Waals surface area contributed by atoms with Crippen molar-refractivity contribution in [2.75, 3.05) is 0 Å². The third kappa shape index (κ3) is 5.20. The molecule has 3 rings (SSSR count). The zero-order chi connectivity index (χ0) is 24.4. The van der Waals surface area contributed by atoms with E-state index in [9.17, 15) is 36.5 Å². The SMILES string of the molecule is O=C(O)c1ccc(Oc2cccc(Oc3ccc(S(=O)(=O)C(F)(F)F)cc3[N+](=O)[O-])c2)cc1. The van der Waals surface area contributed by atoms with Gasteiger partial charge < -0.3 is 14.6 Å². The number of aromatic carboxylic acids is 1. The van der Waals surface area contributed by atoms with Crippen LogP contribution in [0, 0.1) is 10.1 Å². The van der Waals surface area contributed by atoms with Gasteiger partial charge in [0.05, 0.1) is 15.4 Å². The Labute approximate surface area is 183 Å². The molecule has 172 valence electrons. The summed E-state index contributed by atoms with van der Waals surface area (Å²) in [6, 6.07) is 12.7. The molecule has 9 nitrogen and oxygen atoms in total. The summed E-state index contributed by atoms with van der Waals surface area (Å²) in [5, 5.41) is 20.2. The minimum Gasteiger partial charge on any atom is -0.478 e. The van der Waals surface area contributed by atoms with Gasteiger partial charge in [-0.05, 0) is 48.5 Å². The lowest BCUT2D eigenvalue weighted by molar-refractivity contribution is -0.385. The van der Waals surface area contributed by atoms with Crippen LogP contribution in [0.5, 0.6) is 23.0 Å². The van der Waals surface area contributed by atoms with Crippen molar-refractivity contribution in [3.05, 3.63) is 82.4 Å². The van der Waals surface area contributed by atoms with E-state index in [-0.39, 0.29) is 28.9 Å². The summed E-state index contributed by atoms with van der Waals surface area (Å²) >= 11 is 0. The zero-order valence-corrected chi connectivity index (χ0v) is 17.0. The summed E-state index contributed by atoms with van der Waals surface area (Å²) in [5.74, 6) is -1.12. The predicted molar refractivity (Wildman–Crippen MR) is 106 cm³/mol. The van der Waals surface area contributed by atoms with Gasteiger partial charge in [0, 0.05) is 12.1 Å². The Hall–Kier alpha value is -4.13. The van der Waals surface area contributed by atoms with Gasteiger partial charge in [-0.3, -0.25) is 10.1 Å². The van der Waals surface area contributed by atoms with Crippen molar-refractivity contribution in [3.8, 4) is 23.0 Å². The number of nitro benzene ring substituents is 1. The lowest BCUT2D eigenvalue weighted by Gasteiger charge is -2.11. The normalized spacial score (nSPS) is 11.6. The Morgan fingerprint density at radius 1 is 0.909 bits per heavy atom. The van der Waals surface area contributed by atoms with Crippen molar-refractivity contribution in [2.24, 2.45) is 0 Å². The zero-order valence-electron chi connectivity index (χ0n) is 16.1. The average Bonchev–Trinajstić information content (AvgIpc) is 2.73. The Morgan fingerprint density at radius 3 is 2.06 bits per heavy atom. The van der Waals surface area contributed by atoms with Crippen LogP contribution in [0.4, 0.5) is 18.9 Å². The first-order chi connectivity index (χ1) is 15.4. The van der Waals surface area contributed by atoms with E-state index in [0.717, 1.165) is 6.07 Å². The third-order valence-corrected chi connectivity index (χ3v) is 5.60. The van der Waals surface area contributed by atoms with Crippen LogP contribution in [0.2, 0.25) is 0 Å². The first kappa shape index (κ1) is 23.5. The van der Waals surface area contributed by atoms with Gasteiger partial charge >= 0.3 is 17.2 Å². The fourth-order valence-corrected chi connectivity index (χ4v) is 3.34. The van der Waals surface area contributed by atoms with Crippen LogP contribution in [0.1, 0.15) is 10.4 Å². The Balaban J connectivity index is 1.87. The van der Waals surface area contributed by atoms with Gasteiger partial charge in [-0.1, -0.05) is 6.07 Å². The van der Waals surface area contributed by atoms with Crippen molar-refractivity contribution in [1.29, 1.82) is 0 Å². The van der Waals surface area contributed by atoms with Gasteiger partial charge in [0.1, 0.15) is 17.2 Å². The van der Waals surface area contributed by atoms with Crippen molar-refractivity contribution in [2.45, 2.75) is 10.4 Å². The van der Waals surface area contributed by atoms with Crippen LogP contribution in [0.3, 0.4) is 0 Å². The fraction of sp³-hybridized carbons (Fsp3) is 0.0500. The van der Waals surface area contributed by atoms with Crippen LogP contribution in [-0.4, -0.2) is 29.9 Å². The van der Waals surface area contributed by atoms with Crippen molar-refractivity contribution in [1.82, 2.24) is 0 Å². The van der Waals surface area contributed by atoms with Gasteiger partial charge in [0.2, 0.25) is 5.75 Å². The van der Waals surface area contributed by atoms with Gasteiger partial charge in [-0.15, -0.1) is 0 Å². The molecule has 0 unspecified atom stereocenters. The van der Waals surface area contributed by atoms with Crippen LogP contribution in [-0.2, 0) is 9.84 Å². The number of sulfone groups is 1. The van der Waals surface area contributed by atoms with Crippen LogP contribution in [0.15, 0.2) is 71.6 Å². The molecule has 0 atom stereocenters. The predicted octanol–water partition coefficient (Wildman–Crippen LogP) is 5.17. The lowest BCUT2D eigenvalue weighted by Crippen LogP contribution is -2.23. The molecule has 0 radical (unpaired) electrons. The number of carbonyl (C=O) groups is 1. The van der Waals surface area contributed by atoms with E-state index < -0.39 is 42.6 Å². The Bertz CT molecular complexity index is 1320. The highest BCUT2D eigenvalue weighted by Gasteiger charge is 2.47. The number of ether oxygens (including phenoxy) is 2. The summed E-state index contributed by atoms with van der Waals surface area (Å²) in [4.78, 5) is 19.8. The molecular formula is C20H12F3NO8S. The van der Waals surface area contributed by atoms with E-state index in [1.54, 1.807) is 0 Å². The number of hydrogen-bond acceptors (Lipinski definition) is 7. The number of nitro groups is 1. The van der Waals surface area contributed by atoms with E-state index in [2.05, 4.69) is 0 Å². The van der Waals surface area contributed by atoms with E-state index in [0.29, 0.717) is 6.07 Å². The first-order valence-electron chi connectivity index (χ1n) is 8.77. The molecule has 1 N–H and O–H groups in total. The summed E-state index contributed by atoms with van der Waals surface area (Å²) < 4.78 is 72.3. The molecule has 0 amide bonds. The number of halogens is 3. The van der Waals surface area contributed by atoms with Crippen molar-refractivity contribution < 1.29 is 45.9 Å². The number of hydrogen-bond donors (Lipinski definition) is 1. The number of carboxylic acids is 1. The maximum absolute atomic E-state index is 12.8. The van der Waals surface area contributed by atoms with E-state index >= 15 is 0 Å². The molecule has 0 bridgehead atoms. The monoisotopic (exact) mass is 483 g/mol. The molecule has 0 aliphatic carbocycles. The van der Waals surface area contributed by atoms with Gasteiger partial charge in [-0.25, -0.2) is 13.2 Å². The van der Waals surface area contributed by atoms with E-state index in [1.807, 2.05) is 0 Å². The van der Waals surface area contributed by atoms with Gasteiger partial charge in [0.25, 0.3) is 9.84 Å². The third-order valence-electron chi connectivity index (χ3n) is 4.11. The fourth-order valence-electron chi connectivity index (χ4n) is 2.56. The highest BCUT2D eigenvalue weighted by molar-refractivity contribution is 7.92. The Kier molecular flexibility index (Phi) is 6.26. The van der Waals surface area contributed by atoms with Crippen molar-refractivity contribution in [3.63, 3.8) is 0 Å². The van der Waals surface area contributed by atoms with Gasteiger partial charge in [0.15, 0.2) is 0 Å². The topological polar surface area (TPSA) is 133 Å². The van der Waals surface area contributed by atoms with Crippen LogP contribution in [0.25, 0.3) is 0 Å². The molecule has 3 aromatic carbocycles. The number of nitrogens with zero attached hydrogens (tertiary/aromatic N) is 1. The summed E-state index contributed by atoms with van der Waals surface area (Å²) in [6.45, 7) is 0. The maximum atomic E-state index is 12.8. The second-order valence-electron chi connectivity index (χ2n) is 6.34. The molecule has 0 fully saturated rings. The second-order valence-corrected chi connectivity index (χ2v) is 8.29. The highest BCUT2D eigenvalue weighted by Crippen LogP contribution is 2.38. The molecule has 13 heteroatoms. The van der Waals surface area contributed by atoms with Gasteiger partial charge in [-0.2, -0.15) is 13.2 Å². The summed E-state index contributed by atoms with van der Waals surface area (Å²) in [5.41, 5.74) is -6.57. The minimum absolute atomic E-state index is 0.00387. The number of benzene rings is 3. The van der Waals surface area contributed by atoms with E-state index in [4.69, 9.17) is 14.6 Å². The summed E-state index contributed by atoms with van der Waals surface area (Å²) in [6.07, 6.45) is 0. The van der Waals surface area contributed by atoms with Crippen molar-refractivity contribution >= 4 is 21.5 Å². The smallest absolute Gasteiger partial charge is 0.478 e. The molecule has 3 aromatic rings. The molecule has 0 aliphatic rings. The standard InChI is InChI=1S/C20H12F3NO8S/c21-20(22,23)33(29,30)16-8-9-18(17(11-16)24(27)28)32-15-3-1-2-14(10-15)31-13-6-4-12(5-7-13)19(25)26/h1-11H,(H,25,26). The largest absolute Gasteiger partial charge is 0.501 e. The highest BCUT2D eigenvalue weighted by atomic mass is 32.2. The maximum Gasteiger partial charge on any atom is 0.501 e. The molecule has 0 saturated carbocycles. The minimum atomic E-state index is -5.79. The lowest BCUT2D eigenvalue weighted by atomic mass is 10.2. The second kappa shape index (κ2) is 8.78. The van der Waals surface area contributed by atoms with E-state index in [1.165, 1.54) is 48.5 Å². The van der Waals surface area contributed by atoms with Crippen LogP contribution >= 0.6 is 0 Å². The molecule has 0 heterocycles. The number of alkyl halides is 3. The average molecular weight is 483 g/mol. The quantitative estimate of drug-likeness (QED) is 0.359. The molecule has 0 spiro atoms. The first-order valence-corrected chi connectivity index (χ1v) is 10.3. The molecule has 33 heavy (non-hydrogen) atoms. The summed E-state index contributed by atoms with van der Waals surface area (Å²) in [7, 11) is -5.79.